The molecular formula is C63H104O6. The van der Waals surface area contributed by atoms with Gasteiger partial charge in [0, 0.05) is 19.3 Å². The van der Waals surface area contributed by atoms with Gasteiger partial charge in [0.15, 0.2) is 6.10 Å². The second-order valence-electron chi connectivity index (χ2n) is 18.4. The summed E-state index contributed by atoms with van der Waals surface area (Å²) in [7, 11) is 0. The van der Waals surface area contributed by atoms with Gasteiger partial charge in [-0.3, -0.25) is 14.4 Å². The minimum Gasteiger partial charge on any atom is -0.462 e. The molecule has 0 aromatic carbocycles. The quantitative estimate of drug-likeness (QED) is 0.0262. The van der Waals surface area contributed by atoms with Crippen LogP contribution in [0.25, 0.3) is 0 Å². The summed E-state index contributed by atoms with van der Waals surface area (Å²) in [6.07, 6.45) is 76.5. The van der Waals surface area contributed by atoms with Crippen LogP contribution in [0.3, 0.4) is 0 Å². The van der Waals surface area contributed by atoms with Crippen molar-refractivity contribution in [2.24, 2.45) is 0 Å². The molecule has 0 aliphatic heterocycles. The third-order valence-corrected chi connectivity index (χ3v) is 11.7. The van der Waals surface area contributed by atoms with Crippen molar-refractivity contribution in [1.82, 2.24) is 0 Å². The second-order valence-corrected chi connectivity index (χ2v) is 18.4. The van der Waals surface area contributed by atoms with Crippen LogP contribution in [-0.4, -0.2) is 37.2 Å². The van der Waals surface area contributed by atoms with Crippen molar-refractivity contribution in [3.05, 3.63) is 109 Å². The van der Waals surface area contributed by atoms with E-state index in [1.165, 1.54) is 77.0 Å². The summed E-state index contributed by atoms with van der Waals surface area (Å²) in [4.78, 5) is 38.1. The van der Waals surface area contributed by atoms with Gasteiger partial charge in [-0.1, -0.05) is 220 Å². The van der Waals surface area contributed by atoms with Gasteiger partial charge >= 0.3 is 17.9 Å². The maximum absolute atomic E-state index is 12.8. The average Bonchev–Trinajstić information content (AvgIpc) is 3.35. The van der Waals surface area contributed by atoms with E-state index < -0.39 is 6.10 Å². The molecule has 1 unspecified atom stereocenters. The first-order chi connectivity index (χ1) is 34.0. The predicted molar refractivity (Wildman–Crippen MR) is 297 cm³/mol. The largest absolute Gasteiger partial charge is 0.462 e. The van der Waals surface area contributed by atoms with Crippen molar-refractivity contribution in [2.45, 2.75) is 258 Å². The summed E-state index contributed by atoms with van der Waals surface area (Å²) in [6, 6.07) is 0. The van der Waals surface area contributed by atoms with E-state index in [1.807, 2.05) is 0 Å². The molecule has 0 aromatic rings. The number of esters is 3. The van der Waals surface area contributed by atoms with E-state index in [0.29, 0.717) is 19.3 Å². The molecule has 69 heavy (non-hydrogen) atoms. The first kappa shape index (κ1) is 65.1. The third kappa shape index (κ3) is 54.9. The molecule has 0 amide bonds. The van der Waals surface area contributed by atoms with E-state index in [1.54, 1.807) is 0 Å². The van der Waals surface area contributed by atoms with E-state index in [0.717, 1.165) is 135 Å². The average molecular weight is 958 g/mol. The van der Waals surface area contributed by atoms with Crippen LogP contribution < -0.4 is 0 Å². The van der Waals surface area contributed by atoms with Gasteiger partial charge in [-0.2, -0.15) is 0 Å². The maximum Gasteiger partial charge on any atom is 0.306 e. The minimum absolute atomic E-state index is 0.0981. The highest BCUT2D eigenvalue weighted by atomic mass is 16.6. The molecular weight excluding hydrogens is 853 g/mol. The standard InChI is InChI=1S/C63H104O6/c1-4-7-10-13-16-19-22-25-27-28-29-30-31-32-33-34-36-38-41-44-47-50-53-56-62(65)68-59-60(58-67-61(64)55-52-49-46-43-40-37-24-21-18-15-12-9-6-3)69-63(66)57-54-51-48-45-42-39-35-26-23-20-17-14-11-8-5-2/h7,9-10,12,16,18-19,21,25-27,29-30,32-33,35,37,40,60H,4-6,8,11,13-15,17,20,22-24,28,31,34,36,38-39,41-59H2,1-3H3/b10-7-,12-9-,19-16-,21-18-,27-25-,30-29-,33-32-,35-26-,40-37-. The van der Waals surface area contributed by atoms with Crippen LogP contribution in [-0.2, 0) is 28.6 Å². The van der Waals surface area contributed by atoms with Gasteiger partial charge in [0.1, 0.15) is 13.2 Å². The molecule has 0 aliphatic carbocycles. The molecule has 0 spiro atoms. The monoisotopic (exact) mass is 957 g/mol. The molecule has 0 bridgehead atoms. The first-order valence-electron chi connectivity index (χ1n) is 28.4. The lowest BCUT2D eigenvalue weighted by Gasteiger charge is -2.18. The summed E-state index contributed by atoms with van der Waals surface area (Å²) in [6.45, 7) is 6.36. The molecule has 0 aromatic heterocycles. The van der Waals surface area contributed by atoms with Crippen molar-refractivity contribution in [3.63, 3.8) is 0 Å². The highest BCUT2D eigenvalue weighted by Gasteiger charge is 2.19. The van der Waals surface area contributed by atoms with Crippen molar-refractivity contribution in [3.8, 4) is 0 Å². The van der Waals surface area contributed by atoms with E-state index >= 15 is 0 Å². The smallest absolute Gasteiger partial charge is 0.306 e. The Hall–Kier alpha value is -3.93. The molecule has 0 radical (unpaired) electrons. The molecule has 0 N–H and O–H groups in total. The molecule has 0 saturated heterocycles. The predicted octanol–water partition coefficient (Wildman–Crippen LogP) is 19.1. The second kappa shape index (κ2) is 56.7. The van der Waals surface area contributed by atoms with Gasteiger partial charge in [0.05, 0.1) is 0 Å². The van der Waals surface area contributed by atoms with Gasteiger partial charge < -0.3 is 14.2 Å². The van der Waals surface area contributed by atoms with Gasteiger partial charge in [-0.25, -0.2) is 0 Å². The van der Waals surface area contributed by atoms with Gasteiger partial charge in [-0.05, 0) is 122 Å². The minimum atomic E-state index is -0.801. The van der Waals surface area contributed by atoms with Crippen molar-refractivity contribution in [2.75, 3.05) is 13.2 Å². The maximum atomic E-state index is 12.8. The highest BCUT2D eigenvalue weighted by molar-refractivity contribution is 5.71. The fourth-order valence-electron chi connectivity index (χ4n) is 7.54. The third-order valence-electron chi connectivity index (χ3n) is 11.7. The fourth-order valence-corrected chi connectivity index (χ4v) is 7.54. The lowest BCUT2D eigenvalue weighted by atomic mass is 10.1. The summed E-state index contributed by atoms with van der Waals surface area (Å²) >= 11 is 0. The van der Waals surface area contributed by atoms with E-state index in [-0.39, 0.29) is 31.1 Å². The van der Waals surface area contributed by atoms with E-state index in [2.05, 4.69) is 130 Å². The van der Waals surface area contributed by atoms with Crippen LogP contribution in [0.4, 0.5) is 0 Å². The molecule has 392 valence electrons. The zero-order valence-corrected chi connectivity index (χ0v) is 44.8. The molecule has 0 heterocycles. The van der Waals surface area contributed by atoms with Gasteiger partial charge in [0.2, 0.25) is 0 Å². The number of hydrogen-bond acceptors (Lipinski definition) is 6. The Morgan fingerprint density at radius 2 is 0.565 bits per heavy atom. The number of carbonyl (C=O) groups excluding carboxylic acids is 3. The molecule has 0 fully saturated rings. The molecule has 6 heteroatoms. The summed E-state index contributed by atoms with van der Waals surface area (Å²) in [5.74, 6) is -0.947. The number of ether oxygens (including phenoxy) is 3. The Kier molecular flexibility index (Phi) is 53.4. The first-order valence-corrected chi connectivity index (χ1v) is 28.4. The highest BCUT2D eigenvalue weighted by Crippen LogP contribution is 2.14. The zero-order chi connectivity index (χ0) is 50.0. The van der Waals surface area contributed by atoms with Crippen LogP contribution in [0.15, 0.2) is 109 Å². The van der Waals surface area contributed by atoms with Gasteiger partial charge in [0.25, 0.3) is 0 Å². The normalized spacial score (nSPS) is 12.9. The van der Waals surface area contributed by atoms with Crippen LogP contribution in [0.5, 0.6) is 0 Å². The number of rotatable bonds is 50. The summed E-state index contributed by atoms with van der Waals surface area (Å²) in [5.41, 5.74) is 0. The van der Waals surface area contributed by atoms with E-state index in [4.69, 9.17) is 14.2 Å². The molecule has 0 rings (SSSR count). The Balaban J connectivity index is 4.41. The Labute approximate surface area is 425 Å². The molecule has 1 atom stereocenters. The van der Waals surface area contributed by atoms with Crippen molar-refractivity contribution < 1.29 is 28.6 Å². The zero-order valence-electron chi connectivity index (χ0n) is 44.8. The number of carbonyl (C=O) groups is 3. The van der Waals surface area contributed by atoms with Crippen LogP contribution in [0, 0.1) is 0 Å². The van der Waals surface area contributed by atoms with Crippen molar-refractivity contribution >= 4 is 17.9 Å². The molecule has 6 nitrogen and oxygen atoms in total. The van der Waals surface area contributed by atoms with Crippen LogP contribution >= 0.6 is 0 Å². The lowest BCUT2D eigenvalue weighted by molar-refractivity contribution is -0.167. The molecule has 0 aliphatic rings. The Bertz CT molecular complexity index is 1420. The molecule has 0 saturated carbocycles. The summed E-state index contributed by atoms with van der Waals surface area (Å²) in [5, 5.41) is 0. The summed E-state index contributed by atoms with van der Waals surface area (Å²) < 4.78 is 16.8. The topological polar surface area (TPSA) is 78.9 Å². The van der Waals surface area contributed by atoms with Crippen LogP contribution in [0.2, 0.25) is 0 Å². The number of allylic oxidation sites excluding steroid dienone is 18. The Morgan fingerprint density at radius 1 is 0.304 bits per heavy atom. The lowest BCUT2D eigenvalue weighted by Crippen LogP contribution is -2.30. The Morgan fingerprint density at radius 3 is 0.913 bits per heavy atom. The number of unbranched alkanes of at least 4 members (excludes halogenated alkanes) is 21. The fraction of sp³-hybridized carbons (Fsp3) is 0.667. The van der Waals surface area contributed by atoms with Crippen LogP contribution in [0.1, 0.15) is 252 Å². The van der Waals surface area contributed by atoms with E-state index in [9.17, 15) is 14.4 Å². The number of hydrogen-bond donors (Lipinski definition) is 0. The SMILES string of the molecule is CC/C=C\C/C=C\C/C=C\C/C=C\C/C=C\CCCCCCCCCC(=O)OCC(COC(=O)CCCCC/C=C\C/C=C\C/C=C\CC)OC(=O)CCCCCCC/C=C\CCCCCCCC. The van der Waals surface area contributed by atoms with Gasteiger partial charge in [-0.15, -0.1) is 0 Å². The van der Waals surface area contributed by atoms with Crippen molar-refractivity contribution in [1.29, 1.82) is 0 Å².